The van der Waals surface area contributed by atoms with Crippen LogP contribution in [0.15, 0.2) is 97.2 Å². The highest BCUT2D eigenvalue weighted by Crippen LogP contribution is 2.29. The number of ether oxygens (including phenoxy) is 1. The normalized spacial score (nSPS) is 16.9. The van der Waals surface area contributed by atoms with Gasteiger partial charge in [-0.2, -0.15) is 0 Å². The molecule has 5 aromatic rings. The number of hydrogen-bond acceptors (Lipinski definition) is 5. The maximum atomic E-state index is 13.3. The molecule has 1 aliphatic carbocycles. The molecule has 0 saturated heterocycles. The zero-order valence-corrected chi connectivity index (χ0v) is 26.1. The van der Waals surface area contributed by atoms with E-state index in [0.717, 1.165) is 42.4 Å². The van der Waals surface area contributed by atoms with Gasteiger partial charge in [0.15, 0.2) is 0 Å². The van der Waals surface area contributed by atoms with Crippen LogP contribution in [-0.2, 0) is 16.0 Å². The molecule has 1 aliphatic rings. The Morgan fingerprint density at radius 2 is 1.65 bits per heavy atom. The summed E-state index contributed by atoms with van der Waals surface area (Å²) in [5.41, 5.74) is 4.22. The Labute approximate surface area is 269 Å². The van der Waals surface area contributed by atoms with Gasteiger partial charge in [0.05, 0.1) is 23.7 Å². The lowest BCUT2D eigenvalue weighted by Crippen LogP contribution is -2.44. The van der Waals surface area contributed by atoms with E-state index in [1.165, 1.54) is 10.8 Å². The van der Waals surface area contributed by atoms with E-state index in [9.17, 15) is 14.4 Å². The van der Waals surface area contributed by atoms with Gasteiger partial charge in [-0.3, -0.25) is 14.6 Å². The fourth-order valence-electron chi connectivity index (χ4n) is 6.34. The number of nitrogens with one attached hydrogen (secondary N) is 2. The maximum Gasteiger partial charge on any atom is 0.252 e. The molecule has 2 amide bonds. The summed E-state index contributed by atoms with van der Waals surface area (Å²) < 4.78 is 6.28. The monoisotopic (exact) mass is 613 g/mol. The predicted octanol–water partition coefficient (Wildman–Crippen LogP) is 6.92. The third-order valence-corrected chi connectivity index (χ3v) is 9.00. The first kappa shape index (κ1) is 31.0. The number of benzene rings is 4. The second-order valence-electron chi connectivity index (χ2n) is 12.4. The van der Waals surface area contributed by atoms with Crippen LogP contribution in [0.2, 0.25) is 0 Å². The van der Waals surface area contributed by atoms with E-state index in [2.05, 4.69) is 52.9 Å². The summed E-state index contributed by atoms with van der Waals surface area (Å²) in [6.07, 6.45) is 6.99. The molecule has 2 N–H and O–H groups in total. The predicted molar refractivity (Wildman–Crippen MR) is 182 cm³/mol. The van der Waals surface area contributed by atoms with Crippen LogP contribution in [0, 0.1) is 11.8 Å². The van der Waals surface area contributed by atoms with E-state index in [0.29, 0.717) is 47.4 Å². The van der Waals surface area contributed by atoms with Crippen molar-refractivity contribution in [2.24, 2.45) is 11.8 Å². The molecule has 1 atom stereocenters. The first-order chi connectivity index (χ1) is 22.5. The van der Waals surface area contributed by atoms with E-state index < -0.39 is 0 Å². The SMILES string of the molecule is CC1CCC(C(=O)NC(COc2ccc(-c3ccc4nccc(C(=O)NCC=O)c4c3)cc2)Cc2ccc3ccccc3c2)CC1. The molecule has 1 aromatic heterocycles. The van der Waals surface area contributed by atoms with Crippen LogP contribution in [0.5, 0.6) is 5.75 Å². The number of hydrogen-bond donors (Lipinski definition) is 2. The quantitative estimate of drug-likeness (QED) is 0.158. The highest BCUT2D eigenvalue weighted by molar-refractivity contribution is 6.07. The number of aldehydes is 1. The van der Waals surface area contributed by atoms with Gasteiger partial charge >= 0.3 is 0 Å². The molecule has 7 heteroatoms. The first-order valence-electron chi connectivity index (χ1n) is 16.1. The van der Waals surface area contributed by atoms with Crippen LogP contribution in [0.4, 0.5) is 0 Å². The van der Waals surface area contributed by atoms with Crippen molar-refractivity contribution in [3.05, 3.63) is 108 Å². The van der Waals surface area contributed by atoms with Gasteiger partial charge in [-0.25, -0.2) is 0 Å². The minimum absolute atomic E-state index is 0.0452. The summed E-state index contributed by atoms with van der Waals surface area (Å²) in [6.45, 7) is 2.57. The Kier molecular flexibility index (Phi) is 9.68. The fraction of sp³-hybridized carbons (Fsp3) is 0.282. The lowest BCUT2D eigenvalue weighted by atomic mass is 9.82. The Morgan fingerprint density at radius 1 is 0.891 bits per heavy atom. The molecule has 1 saturated carbocycles. The van der Waals surface area contributed by atoms with Crippen molar-refractivity contribution in [2.75, 3.05) is 13.2 Å². The number of carbonyl (C=O) groups is 3. The molecule has 6 rings (SSSR count). The third-order valence-electron chi connectivity index (χ3n) is 9.00. The largest absolute Gasteiger partial charge is 0.491 e. The van der Waals surface area contributed by atoms with Crippen molar-refractivity contribution in [3.8, 4) is 16.9 Å². The molecular formula is C39H39N3O4. The smallest absolute Gasteiger partial charge is 0.252 e. The molecule has 1 fully saturated rings. The van der Waals surface area contributed by atoms with E-state index in [4.69, 9.17) is 4.74 Å². The number of pyridine rings is 1. The lowest BCUT2D eigenvalue weighted by Gasteiger charge is -2.28. The number of fused-ring (bicyclic) bond motifs is 2. The molecule has 1 unspecified atom stereocenters. The molecule has 7 nitrogen and oxygen atoms in total. The molecule has 1 heterocycles. The van der Waals surface area contributed by atoms with Crippen molar-refractivity contribution >= 4 is 39.8 Å². The van der Waals surface area contributed by atoms with Gasteiger partial charge in [-0.15, -0.1) is 0 Å². The summed E-state index contributed by atoms with van der Waals surface area (Å²) in [5, 5.41) is 9.02. The topological polar surface area (TPSA) is 97.4 Å². The van der Waals surface area contributed by atoms with E-state index >= 15 is 0 Å². The number of nitrogens with zero attached hydrogens (tertiary/aromatic N) is 1. The Morgan fingerprint density at radius 3 is 2.43 bits per heavy atom. The summed E-state index contributed by atoms with van der Waals surface area (Å²) in [6, 6.07) is 29.9. The molecule has 0 spiro atoms. The summed E-state index contributed by atoms with van der Waals surface area (Å²) in [5.74, 6) is 1.27. The van der Waals surface area contributed by atoms with Gasteiger partial charge in [0, 0.05) is 17.5 Å². The average molecular weight is 614 g/mol. The maximum absolute atomic E-state index is 13.3. The van der Waals surface area contributed by atoms with Crippen LogP contribution in [0.25, 0.3) is 32.8 Å². The standard InChI is InChI=1S/C39H39N3O4/c1-26-6-9-30(10-7-26)38(44)42-33(23-27-8-11-28-4-2-3-5-31(28)22-27)25-46-34-15-12-29(13-16-34)32-14-17-37-36(24-32)35(18-19-40-37)39(45)41-20-21-43/h2-5,8,11-19,21-22,24,26,30,33H,6-7,9-10,20,23,25H2,1H3,(H,41,45)(H,42,44). The Bertz CT molecular complexity index is 1840. The molecule has 0 radical (unpaired) electrons. The van der Waals surface area contributed by atoms with E-state index in [-0.39, 0.29) is 30.3 Å². The lowest BCUT2D eigenvalue weighted by molar-refractivity contribution is -0.127. The number of amides is 2. The van der Waals surface area contributed by atoms with E-state index in [1.54, 1.807) is 12.3 Å². The fourth-order valence-corrected chi connectivity index (χ4v) is 6.34. The number of aromatic nitrogens is 1. The zero-order valence-electron chi connectivity index (χ0n) is 26.1. The van der Waals surface area contributed by atoms with Crippen molar-refractivity contribution in [1.29, 1.82) is 0 Å². The molecule has 234 valence electrons. The third kappa shape index (κ3) is 7.42. The van der Waals surface area contributed by atoms with Crippen LogP contribution in [-0.4, -0.2) is 42.3 Å². The number of carbonyl (C=O) groups excluding carboxylic acids is 3. The van der Waals surface area contributed by atoms with Crippen LogP contribution >= 0.6 is 0 Å². The van der Waals surface area contributed by atoms with Crippen molar-refractivity contribution in [2.45, 2.75) is 45.1 Å². The minimum atomic E-state index is -0.316. The van der Waals surface area contributed by atoms with Gasteiger partial charge in [0.1, 0.15) is 18.6 Å². The van der Waals surface area contributed by atoms with Crippen molar-refractivity contribution < 1.29 is 19.1 Å². The highest BCUT2D eigenvalue weighted by Gasteiger charge is 2.26. The van der Waals surface area contributed by atoms with Gasteiger partial charge in [0.2, 0.25) is 5.91 Å². The summed E-state index contributed by atoms with van der Waals surface area (Å²) in [7, 11) is 0. The van der Waals surface area contributed by atoms with Crippen LogP contribution < -0.4 is 15.4 Å². The highest BCUT2D eigenvalue weighted by atomic mass is 16.5. The molecule has 0 aliphatic heterocycles. The molecule has 46 heavy (non-hydrogen) atoms. The second-order valence-corrected chi connectivity index (χ2v) is 12.4. The van der Waals surface area contributed by atoms with Gasteiger partial charge in [-0.1, -0.05) is 67.6 Å². The Balaban J connectivity index is 1.17. The number of rotatable bonds is 11. The summed E-state index contributed by atoms with van der Waals surface area (Å²) >= 11 is 0. The van der Waals surface area contributed by atoms with Gasteiger partial charge < -0.3 is 20.2 Å². The zero-order chi connectivity index (χ0) is 31.9. The molecule has 0 bridgehead atoms. The van der Waals surface area contributed by atoms with E-state index in [1.807, 2.05) is 54.6 Å². The molecular weight excluding hydrogens is 574 g/mol. The second kappa shape index (κ2) is 14.4. The first-order valence-corrected chi connectivity index (χ1v) is 16.1. The Hall–Kier alpha value is -5.04. The van der Waals surface area contributed by atoms with Crippen LogP contribution in [0.3, 0.4) is 0 Å². The van der Waals surface area contributed by atoms with Gasteiger partial charge in [0.25, 0.3) is 5.91 Å². The van der Waals surface area contributed by atoms with Crippen molar-refractivity contribution in [3.63, 3.8) is 0 Å². The summed E-state index contributed by atoms with van der Waals surface area (Å²) in [4.78, 5) is 41.1. The molecule has 4 aromatic carbocycles. The average Bonchev–Trinajstić information content (AvgIpc) is 3.09. The minimum Gasteiger partial charge on any atom is -0.491 e. The van der Waals surface area contributed by atoms with Crippen molar-refractivity contribution in [1.82, 2.24) is 15.6 Å². The van der Waals surface area contributed by atoms with Gasteiger partial charge in [-0.05, 0) is 95.8 Å². The van der Waals surface area contributed by atoms with Crippen LogP contribution in [0.1, 0.15) is 48.5 Å².